The highest BCUT2D eigenvalue weighted by molar-refractivity contribution is 6.49. The Morgan fingerprint density at radius 2 is 1.67 bits per heavy atom. The summed E-state index contributed by atoms with van der Waals surface area (Å²) in [4.78, 5) is 28.3. The highest BCUT2D eigenvalue weighted by atomic mass is 19.1. The molecule has 0 aliphatic heterocycles. The lowest BCUT2D eigenvalue weighted by molar-refractivity contribution is 0.0817. The van der Waals surface area contributed by atoms with Gasteiger partial charge in [-0.1, -0.05) is 0 Å². The summed E-state index contributed by atoms with van der Waals surface area (Å²) < 4.78 is 12.8. The molecule has 0 atom stereocenters. The number of benzene rings is 1. The second kappa shape index (κ2) is 6.26. The van der Waals surface area contributed by atoms with E-state index in [1.165, 1.54) is 30.5 Å². The number of Topliss-reactive ketones (excluding diaryl/α,β-unsaturated/α-hetero) is 2. The molecule has 1 aromatic heterocycles. The number of aromatic nitrogens is 1. The van der Waals surface area contributed by atoms with Crippen molar-refractivity contribution in [2.75, 3.05) is 5.32 Å². The van der Waals surface area contributed by atoms with E-state index < -0.39 is 17.4 Å². The van der Waals surface area contributed by atoms with Crippen LogP contribution in [0.1, 0.15) is 34.6 Å². The van der Waals surface area contributed by atoms with Crippen LogP contribution in [0.15, 0.2) is 42.6 Å². The Hall–Kier alpha value is -2.56. The third-order valence-corrected chi connectivity index (χ3v) is 2.77. The van der Waals surface area contributed by atoms with Crippen molar-refractivity contribution in [3.63, 3.8) is 0 Å². The molecule has 1 aromatic carbocycles. The van der Waals surface area contributed by atoms with Crippen LogP contribution in [0.2, 0.25) is 0 Å². The predicted octanol–water partition coefficient (Wildman–Crippen LogP) is 3.11. The van der Waals surface area contributed by atoms with Gasteiger partial charge in [-0.25, -0.2) is 9.37 Å². The maximum absolute atomic E-state index is 12.8. The molecule has 108 valence electrons. The molecule has 0 aliphatic rings. The fourth-order valence-corrected chi connectivity index (χ4v) is 1.81. The third kappa shape index (κ3) is 3.72. The smallest absolute Gasteiger partial charge is 0.233 e. The van der Waals surface area contributed by atoms with Gasteiger partial charge < -0.3 is 5.32 Å². The zero-order valence-electron chi connectivity index (χ0n) is 11.8. The number of nitrogens with zero attached hydrogens (tertiary/aromatic N) is 1. The van der Waals surface area contributed by atoms with E-state index in [1.807, 2.05) is 13.8 Å². The molecule has 1 heterocycles. The number of pyridine rings is 1. The van der Waals surface area contributed by atoms with Crippen molar-refractivity contribution in [1.82, 2.24) is 4.98 Å². The largest absolute Gasteiger partial charge is 0.368 e. The Kier molecular flexibility index (Phi) is 4.42. The zero-order valence-corrected chi connectivity index (χ0v) is 11.8. The van der Waals surface area contributed by atoms with E-state index in [1.54, 1.807) is 0 Å². The predicted molar refractivity (Wildman–Crippen MR) is 78.1 cm³/mol. The van der Waals surface area contributed by atoms with Crippen LogP contribution in [0.4, 0.5) is 10.2 Å². The first kappa shape index (κ1) is 14.8. The van der Waals surface area contributed by atoms with Gasteiger partial charge in [-0.15, -0.1) is 0 Å². The molecule has 0 spiro atoms. The SMILES string of the molecule is CC(C)Nc1cc(C(=O)C(=O)c2ccc(F)cc2)ccn1. The average molecular weight is 286 g/mol. The fraction of sp³-hybridized carbons (Fsp3) is 0.188. The maximum Gasteiger partial charge on any atom is 0.233 e. The quantitative estimate of drug-likeness (QED) is 0.677. The van der Waals surface area contributed by atoms with E-state index >= 15 is 0 Å². The molecule has 0 radical (unpaired) electrons. The molecule has 0 saturated heterocycles. The highest BCUT2D eigenvalue weighted by Gasteiger charge is 2.18. The van der Waals surface area contributed by atoms with Crippen molar-refractivity contribution in [3.05, 3.63) is 59.5 Å². The lowest BCUT2D eigenvalue weighted by atomic mass is 10.0. The van der Waals surface area contributed by atoms with Gasteiger partial charge in [0.25, 0.3) is 0 Å². The van der Waals surface area contributed by atoms with Crippen LogP contribution in [0.3, 0.4) is 0 Å². The number of rotatable bonds is 5. The maximum atomic E-state index is 12.8. The van der Waals surface area contributed by atoms with Crippen LogP contribution < -0.4 is 5.32 Å². The highest BCUT2D eigenvalue weighted by Crippen LogP contribution is 2.12. The van der Waals surface area contributed by atoms with Crippen LogP contribution in [-0.2, 0) is 0 Å². The number of hydrogen-bond acceptors (Lipinski definition) is 4. The summed E-state index contributed by atoms with van der Waals surface area (Å²) in [5, 5.41) is 3.06. The molecule has 0 fully saturated rings. The molecular weight excluding hydrogens is 271 g/mol. The number of nitrogens with one attached hydrogen (secondary N) is 1. The van der Waals surface area contributed by atoms with Crippen LogP contribution in [0.25, 0.3) is 0 Å². The van der Waals surface area contributed by atoms with Crippen molar-refractivity contribution >= 4 is 17.4 Å². The Morgan fingerprint density at radius 1 is 1.05 bits per heavy atom. The van der Waals surface area contributed by atoms with Crippen molar-refractivity contribution in [2.24, 2.45) is 0 Å². The fourth-order valence-electron chi connectivity index (χ4n) is 1.81. The summed E-state index contributed by atoms with van der Waals surface area (Å²) in [6, 6.07) is 8.07. The molecule has 1 N–H and O–H groups in total. The summed E-state index contributed by atoms with van der Waals surface area (Å²) in [7, 11) is 0. The lowest BCUT2D eigenvalue weighted by Crippen LogP contribution is -2.16. The molecular formula is C16H15FN2O2. The Bertz CT molecular complexity index is 666. The first-order valence-electron chi connectivity index (χ1n) is 6.54. The zero-order chi connectivity index (χ0) is 15.4. The minimum absolute atomic E-state index is 0.163. The Balaban J connectivity index is 2.23. The summed E-state index contributed by atoms with van der Waals surface area (Å²) in [5.41, 5.74) is 0.416. The summed E-state index contributed by atoms with van der Waals surface area (Å²) in [6.07, 6.45) is 1.47. The van der Waals surface area contributed by atoms with Crippen LogP contribution in [-0.4, -0.2) is 22.6 Å². The number of halogens is 1. The second-order valence-corrected chi connectivity index (χ2v) is 4.89. The van der Waals surface area contributed by atoms with Gasteiger partial charge in [-0.05, 0) is 50.2 Å². The van der Waals surface area contributed by atoms with E-state index in [4.69, 9.17) is 0 Å². The van der Waals surface area contributed by atoms with Crippen LogP contribution >= 0.6 is 0 Å². The first-order chi connectivity index (χ1) is 9.97. The number of anilines is 1. The lowest BCUT2D eigenvalue weighted by Gasteiger charge is -2.09. The average Bonchev–Trinajstić information content (AvgIpc) is 2.46. The minimum atomic E-state index is -0.670. The van der Waals surface area contributed by atoms with Gasteiger partial charge in [0.1, 0.15) is 11.6 Å². The van der Waals surface area contributed by atoms with E-state index in [0.717, 1.165) is 12.1 Å². The molecule has 0 saturated carbocycles. The monoisotopic (exact) mass is 286 g/mol. The number of carbonyl (C=O) groups is 2. The van der Waals surface area contributed by atoms with Gasteiger partial charge in [-0.3, -0.25) is 9.59 Å². The molecule has 2 aromatic rings. The van der Waals surface area contributed by atoms with Gasteiger partial charge in [-0.2, -0.15) is 0 Å². The normalized spacial score (nSPS) is 10.5. The standard InChI is InChI=1S/C16H15FN2O2/c1-10(2)19-14-9-12(7-8-18-14)16(21)15(20)11-3-5-13(17)6-4-11/h3-10H,1-2H3,(H,18,19). The van der Waals surface area contributed by atoms with Crippen LogP contribution in [0.5, 0.6) is 0 Å². The molecule has 0 amide bonds. The van der Waals surface area contributed by atoms with Gasteiger partial charge >= 0.3 is 0 Å². The summed E-state index contributed by atoms with van der Waals surface area (Å²) in [5.74, 6) is -1.23. The number of hydrogen-bond donors (Lipinski definition) is 1. The third-order valence-electron chi connectivity index (χ3n) is 2.77. The van der Waals surface area contributed by atoms with Gasteiger partial charge in [0, 0.05) is 23.4 Å². The molecule has 21 heavy (non-hydrogen) atoms. The Labute approximate surface area is 122 Å². The molecule has 4 nitrogen and oxygen atoms in total. The van der Waals surface area contributed by atoms with E-state index in [9.17, 15) is 14.0 Å². The first-order valence-corrected chi connectivity index (χ1v) is 6.54. The minimum Gasteiger partial charge on any atom is -0.368 e. The summed E-state index contributed by atoms with van der Waals surface area (Å²) in [6.45, 7) is 3.89. The van der Waals surface area contributed by atoms with Crippen molar-refractivity contribution in [3.8, 4) is 0 Å². The topological polar surface area (TPSA) is 59.1 Å². The number of carbonyl (C=O) groups excluding carboxylic acids is 2. The molecule has 0 aliphatic carbocycles. The van der Waals surface area contributed by atoms with Crippen molar-refractivity contribution in [1.29, 1.82) is 0 Å². The molecule has 0 unspecified atom stereocenters. The second-order valence-electron chi connectivity index (χ2n) is 4.89. The van der Waals surface area contributed by atoms with Gasteiger partial charge in [0.15, 0.2) is 0 Å². The van der Waals surface area contributed by atoms with E-state index in [0.29, 0.717) is 5.82 Å². The van der Waals surface area contributed by atoms with E-state index in [2.05, 4.69) is 10.3 Å². The number of ketones is 2. The van der Waals surface area contributed by atoms with Gasteiger partial charge in [0.2, 0.25) is 11.6 Å². The van der Waals surface area contributed by atoms with Crippen LogP contribution in [0, 0.1) is 5.82 Å². The van der Waals surface area contributed by atoms with Crippen molar-refractivity contribution in [2.45, 2.75) is 19.9 Å². The Morgan fingerprint density at radius 3 is 2.29 bits per heavy atom. The summed E-state index contributed by atoms with van der Waals surface area (Å²) >= 11 is 0. The molecule has 2 rings (SSSR count). The molecule has 5 heteroatoms. The van der Waals surface area contributed by atoms with Crippen molar-refractivity contribution < 1.29 is 14.0 Å². The van der Waals surface area contributed by atoms with E-state index in [-0.39, 0.29) is 17.2 Å². The molecule has 0 bridgehead atoms. The van der Waals surface area contributed by atoms with Gasteiger partial charge in [0.05, 0.1) is 0 Å².